The van der Waals surface area contributed by atoms with Crippen LogP contribution in [0.3, 0.4) is 0 Å². The van der Waals surface area contributed by atoms with Crippen molar-refractivity contribution >= 4 is 76.2 Å². The molecule has 0 saturated carbocycles. The smallest absolute Gasteiger partial charge is 0.0562 e. The fourth-order valence-corrected chi connectivity index (χ4v) is 9.20. The monoisotopic (exact) mass is 699 g/mol. The molecule has 3 heteroatoms. The van der Waals surface area contributed by atoms with Crippen LogP contribution in [0.1, 0.15) is 0 Å². The summed E-state index contributed by atoms with van der Waals surface area (Å²) in [6, 6.07) is 73.2. The molecule has 0 aliphatic rings. The number of hydrogen-bond acceptors (Lipinski definition) is 0. The molecule has 12 rings (SSSR count). The second kappa shape index (κ2) is 11.6. The quantitative estimate of drug-likeness (QED) is 0.174. The molecule has 0 atom stereocenters. The van der Waals surface area contributed by atoms with Crippen LogP contribution < -0.4 is 0 Å². The second-order valence-electron chi connectivity index (χ2n) is 14.6. The average molecular weight is 700 g/mol. The summed E-state index contributed by atoms with van der Waals surface area (Å²) in [6.07, 6.45) is 0. The van der Waals surface area contributed by atoms with Gasteiger partial charge in [0, 0.05) is 43.7 Å². The highest BCUT2D eigenvalue weighted by Gasteiger charge is 2.20. The van der Waals surface area contributed by atoms with Gasteiger partial charge in [-0.05, 0) is 101 Å². The zero-order chi connectivity index (χ0) is 36.0. The van der Waals surface area contributed by atoms with Crippen molar-refractivity contribution in [3.63, 3.8) is 0 Å². The van der Waals surface area contributed by atoms with Crippen LogP contribution in [0.2, 0.25) is 0 Å². The van der Waals surface area contributed by atoms with Crippen molar-refractivity contribution < 1.29 is 0 Å². The number of rotatable bonds is 4. The minimum absolute atomic E-state index is 1.16. The number of para-hydroxylation sites is 4. The Morgan fingerprint density at radius 2 is 0.764 bits per heavy atom. The van der Waals surface area contributed by atoms with Crippen molar-refractivity contribution in [1.82, 2.24) is 13.7 Å². The first-order valence-electron chi connectivity index (χ1n) is 18.9. The zero-order valence-corrected chi connectivity index (χ0v) is 29.9. The number of aromatic nitrogens is 3. The van der Waals surface area contributed by atoms with E-state index in [4.69, 9.17) is 0 Å². The molecule has 12 aromatic rings. The first-order valence-corrected chi connectivity index (χ1v) is 18.9. The maximum Gasteiger partial charge on any atom is 0.0562 e. The number of benzene rings is 9. The SMILES string of the molecule is c1ccc(-n2c3ccccc3c3c(-n4c5ccccc5c5cc(-c6ccc7c(c6)c6ccccc6n7-c6ccc7ccccc7c6)ccc54)cccc32)cc1. The summed E-state index contributed by atoms with van der Waals surface area (Å²) in [5.74, 6) is 0. The van der Waals surface area contributed by atoms with Gasteiger partial charge in [-0.15, -0.1) is 0 Å². The molecule has 0 fully saturated rings. The summed E-state index contributed by atoms with van der Waals surface area (Å²) in [5.41, 5.74) is 13.2. The number of nitrogens with zero attached hydrogens (tertiary/aromatic N) is 3. The molecular formula is C52H33N3. The highest BCUT2D eigenvalue weighted by molar-refractivity contribution is 6.17. The van der Waals surface area contributed by atoms with E-state index in [-0.39, 0.29) is 0 Å². The highest BCUT2D eigenvalue weighted by atomic mass is 15.0. The first kappa shape index (κ1) is 30.1. The molecule has 0 aliphatic heterocycles. The molecule has 0 radical (unpaired) electrons. The fourth-order valence-electron chi connectivity index (χ4n) is 9.20. The Morgan fingerprint density at radius 1 is 0.255 bits per heavy atom. The van der Waals surface area contributed by atoms with Crippen LogP contribution in [0.25, 0.3) is 104 Å². The van der Waals surface area contributed by atoms with Crippen LogP contribution in [-0.2, 0) is 0 Å². The Kier molecular flexibility index (Phi) is 6.34. The van der Waals surface area contributed by atoms with Crippen LogP contribution in [0.5, 0.6) is 0 Å². The van der Waals surface area contributed by atoms with Gasteiger partial charge in [0.15, 0.2) is 0 Å². The predicted octanol–water partition coefficient (Wildman–Crippen LogP) is 13.8. The molecule has 0 N–H and O–H groups in total. The van der Waals surface area contributed by atoms with E-state index in [0.29, 0.717) is 0 Å². The molecule has 256 valence electrons. The van der Waals surface area contributed by atoms with Crippen LogP contribution in [0, 0.1) is 0 Å². The van der Waals surface area contributed by atoms with Gasteiger partial charge < -0.3 is 13.7 Å². The third kappa shape index (κ3) is 4.38. The normalized spacial score (nSPS) is 12.0. The van der Waals surface area contributed by atoms with Crippen molar-refractivity contribution in [3.8, 4) is 28.2 Å². The average Bonchev–Trinajstić information content (AvgIpc) is 3.89. The maximum absolute atomic E-state index is 2.47. The van der Waals surface area contributed by atoms with Gasteiger partial charge in [-0.25, -0.2) is 0 Å². The van der Waals surface area contributed by atoms with E-state index in [9.17, 15) is 0 Å². The summed E-state index contributed by atoms with van der Waals surface area (Å²) in [6.45, 7) is 0. The summed E-state index contributed by atoms with van der Waals surface area (Å²) in [5, 5.41) is 10.00. The lowest BCUT2D eigenvalue weighted by atomic mass is 10.0. The van der Waals surface area contributed by atoms with Crippen LogP contribution in [0.4, 0.5) is 0 Å². The molecule has 0 bridgehead atoms. The van der Waals surface area contributed by atoms with E-state index in [1.54, 1.807) is 0 Å². The van der Waals surface area contributed by atoms with E-state index in [1.165, 1.54) is 98.7 Å². The predicted molar refractivity (Wildman–Crippen MR) is 232 cm³/mol. The lowest BCUT2D eigenvalue weighted by Crippen LogP contribution is -1.96. The zero-order valence-electron chi connectivity index (χ0n) is 29.9. The largest absolute Gasteiger partial charge is 0.309 e. The van der Waals surface area contributed by atoms with Gasteiger partial charge in [-0.3, -0.25) is 0 Å². The standard InChI is InChI=1S/C52H33N3/c1-2-15-38(16-3-1)53-47-22-11-8-19-42(47)52-50(53)23-12-24-51(52)55-46-21-10-7-18-41(46)44-33-37(27-30-49(44)55)36-26-29-48-43(32-36)40-17-6-9-20-45(40)54(48)39-28-25-34-13-4-5-14-35(34)31-39/h1-33H. The summed E-state index contributed by atoms with van der Waals surface area (Å²) in [7, 11) is 0. The Morgan fingerprint density at radius 3 is 1.47 bits per heavy atom. The van der Waals surface area contributed by atoms with Crippen molar-refractivity contribution in [1.29, 1.82) is 0 Å². The first-order chi connectivity index (χ1) is 27.3. The maximum atomic E-state index is 2.47. The van der Waals surface area contributed by atoms with Crippen LogP contribution >= 0.6 is 0 Å². The molecule has 0 amide bonds. The Balaban J connectivity index is 1.06. The van der Waals surface area contributed by atoms with Gasteiger partial charge in [0.1, 0.15) is 0 Å². The molecule has 0 saturated heterocycles. The lowest BCUT2D eigenvalue weighted by molar-refractivity contribution is 1.17. The van der Waals surface area contributed by atoms with Gasteiger partial charge in [0.25, 0.3) is 0 Å². The van der Waals surface area contributed by atoms with Crippen molar-refractivity contribution in [3.05, 3.63) is 200 Å². The third-order valence-corrected chi connectivity index (χ3v) is 11.6. The fraction of sp³-hybridized carbons (Fsp3) is 0. The molecular weight excluding hydrogens is 667 g/mol. The Hall–Kier alpha value is -7.36. The summed E-state index contributed by atoms with van der Waals surface area (Å²) >= 11 is 0. The van der Waals surface area contributed by atoms with Gasteiger partial charge in [0.05, 0.1) is 38.8 Å². The number of fused-ring (bicyclic) bond motifs is 10. The van der Waals surface area contributed by atoms with E-state index in [1.807, 2.05) is 0 Å². The highest BCUT2D eigenvalue weighted by Crippen LogP contribution is 2.42. The Bertz CT molecular complexity index is 3490. The van der Waals surface area contributed by atoms with Crippen molar-refractivity contribution in [2.45, 2.75) is 0 Å². The van der Waals surface area contributed by atoms with Crippen molar-refractivity contribution in [2.24, 2.45) is 0 Å². The minimum Gasteiger partial charge on any atom is -0.309 e. The topological polar surface area (TPSA) is 14.8 Å². The third-order valence-electron chi connectivity index (χ3n) is 11.6. The van der Waals surface area contributed by atoms with E-state index in [0.717, 1.165) is 5.69 Å². The van der Waals surface area contributed by atoms with Gasteiger partial charge >= 0.3 is 0 Å². The molecule has 0 aliphatic carbocycles. The summed E-state index contributed by atoms with van der Waals surface area (Å²) in [4.78, 5) is 0. The minimum atomic E-state index is 1.16. The molecule has 3 nitrogen and oxygen atoms in total. The van der Waals surface area contributed by atoms with E-state index >= 15 is 0 Å². The van der Waals surface area contributed by atoms with Crippen LogP contribution in [-0.4, -0.2) is 13.7 Å². The van der Waals surface area contributed by atoms with E-state index in [2.05, 4.69) is 214 Å². The molecule has 9 aromatic carbocycles. The van der Waals surface area contributed by atoms with E-state index < -0.39 is 0 Å². The molecule has 0 spiro atoms. The molecule has 3 aromatic heterocycles. The summed E-state index contributed by atoms with van der Waals surface area (Å²) < 4.78 is 7.28. The number of hydrogen-bond donors (Lipinski definition) is 0. The lowest BCUT2D eigenvalue weighted by Gasteiger charge is -2.12. The van der Waals surface area contributed by atoms with Gasteiger partial charge in [-0.1, -0.05) is 121 Å². The van der Waals surface area contributed by atoms with Gasteiger partial charge in [-0.2, -0.15) is 0 Å². The van der Waals surface area contributed by atoms with Crippen molar-refractivity contribution in [2.75, 3.05) is 0 Å². The van der Waals surface area contributed by atoms with Gasteiger partial charge in [0.2, 0.25) is 0 Å². The Labute approximate surface area is 317 Å². The molecule has 55 heavy (non-hydrogen) atoms. The molecule has 0 unspecified atom stereocenters. The van der Waals surface area contributed by atoms with Crippen LogP contribution in [0.15, 0.2) is 200 Å². The second-order valence-corrected chi connectivity index (χ2v) is 14.6. The molecule has 3 heterocycles.